The van der Waals surface area contributed by atoms with Gasteiger partial charge in [0.15, 0.2) is 0 Å². The monoisotopic (exact) mass is 198 g/mol. The molecule has 14 heavy (non-hydrogen) atoms. The predicted octanol–water partition coefficient (Wildman–Crippen LogP) is 2.37. The van der Waals surface area contributed by atoms with Gasteiger partial charge in [-0.05, 0) is 19.3 Å². The summed E-state index contributed by atoms with van der Waals surface area (Å²) in [7, 11) is 0. The van der Waals surface area contributed by atoms with Crippen molar-refractivity contribution in [2.45, 2.75) is 44.6 Å². The van der Waals surface area contributed by atoms with E-state index in [1.165, 1.54) is 31.8 Å². The van der Waals surface area contributed by atoms with Crippen molar-refractivity contribution in [1.82, 2.24) is 0 Å². The highest BCUT2D eigenvalue weighted by Gasteiger charge is 2.20. The minimum Gasteiger partial charge on any atom is -0.478 e. The number of carboxylic acid groups (broad SMARTS) is 1. The van der Waals surface area contributed by atoms with Crippen LogP contribution in [-0.2, 0) is 9.53 Å². The number of aliphatic carboxylic acids is 1. The fraction of sp³-hybridized carbons (Fsp3) is 0.727. The van der Waals surface area contributed by atoms with Crippen LogP contribution in [-0.4, -0.2) is 23.8 Å². The zero-order valence-corrected chi connectivity index (χ0v) is 8.45. The van der Waals surface area contributed by atoms with Crippen LogP contribution < -0.4 is 0 Å². The molecule has 0 radical (unpaired) electrons. The first kappa shape index (κ1) is 11.2. The molecular weight excluding hydrogens is 180 g/mol. The van der Waals surface area contributed by atoms with E-state index < -0.39 is 5.97 Å². The van der Waals surface area contributed by atoms with Crippen molar-refractivity contribution in [3.63, 3.8) is 0 Å². The molecular formula is C11H18O3. The lowest BCUT2D eigenvalue weighted by Gasteiger charge is -1.97. The van der Waals surface area contributed by atoms with E-state index in [1.807, 2.05) is 0 Å². The average molecular weight is 198 g/mol. The maximum atomic E-state index is 10.1. The van der Waals surface area contributed by atoms with E-state index in [4.69, 9.17) is 9.84 Å². The number of ether oxygens (including phenoxy) is 1. The summed E-state index contributed by atoms with van der Waals surface area (Å²) in [5, 5.41) is 8.32. The van der Waals surface area contributed by atoms with E-state index in [0.29, 0.717) is 6.10 Å². The SMILES string of the molecule is O=C(O)C=CCCCCCCC1CO1. The lowest BCUT2D eigenvalue weighted by atomic mass is 10.1. The summed E-state index contributed by atoms with van der Waals surface area (Å²) in [4.78, 5) is 10.1. The smallest absolute Gasteiger partial charge is 0.327 e. The molecule has 3 heteroatoms. The molecule has 1 fully saturated rings. The lowest BCUT2D eigenvalue weighted by Crippen LogP contribution is -1.86. The Kier molecular flexibility index (Phi) is 5.30. The minimum atomic E-state index is -0.851. The molecule has 1 rings (SSSR count). The Balaban J connectivity index is 1.76. The number of allylic oxidation sites excluding steroid dienone is 1. The van der Waals surface area contributed by atoms with Gasteiger partial charge in [0, 0.05) is 6.08 Å². The van der Waals surface area contributed by atoms with Gasteiger partial charge in [-0.15, -0.1) is 0 Å². The molecule has 0 aromatic heterocycles. The third kappa shape index (κ3) is 6.66. The summed E-state index contributed by atoms with van der Waals surface area (Å²) < 4.78 is 5.10. The second-order valence-corrected chi connectivity index (χ2v) is 3.69. The first-order chi connectivity index (χ1) is 6.79. The van der Waals surface area contributed by atoms with Crippen molar-refractivity contribution >= 4 is 5.97 Å². The van der Waals surface area contributed by atoms with Crippen molar-refractivity contribution in [2.24, 2.45) is 0 Å². The molecule has 80 valence electrons. The van der Waals surface area contributed by atoms with Gasteiger partial charge in [-0.25, -0.2) is 4.79 Å². The van der Waals surface area contributed by atoms with E-state index in [9.17, 15) is 4.79 Å². The molecule has 0 aromatic carbocycles. The Hall–Kier alpha value is -0.830. The molecule has 1 N–H and O–H groups in total. The van der Waals surface area contributed by atoms with E-state index >= 15 is 0 Å². The van der Waals surface area contributed by atoms with Crippen LogP contribution in [0.3, 0.4) is 0 Å². The first-order valence-corrected chi connectivity index (χ1v) is 5.30. The quantitative estimate of drug-likeness (QED) is 0.370. The molecule has 1 unspecified atom stereocenters. The maximum Gasteiger partial charge on any atom is 0.327 e. The summed E-state index contributed by atoms with van der Waals surface area (Å²) in [6, 6.07) is 0. The van der Waals surface area contributed by atoms with Crippen LogP contribution >= 0.6 is 0 Å². The number of rotatable bonds is 8. The van der Waals surface area contributed by atoms with Crippen LogP contribution in [0.25, 0.3) is 0 Å². The van der Waals surface area contributed by atoms with Gasteiger partial charge in [-0.2, -0.15) is 0 Å². The molecule has 1 aliphatic heterocycles. The van der Waals surface area contributed by atoms with Crippen LogP contribution in [0.2, 0.25) is 0 Å². The van der Waals surface area contributed by atoms with Crippen LogP contribution in [0.4, 0.5) is 0 Å². The van der Waals surface area contributed by atoms with E-state index in [0.717, 1.165) is 19.4 Å². The molecule has 1 saturated heterocycles. The molecule has 0 aliphatic carbocycles. The number of epoxide rings is 1. The van der Waals surface area contributed by atoms with Crippen molar-refractivity contribution in [3.05, 3.63) is 12.2 Å². The molecule has 1 atom stereocenters. The van der Waals surface area contributed by atoms with Crippen molar-refractivity contribution in [1.29, 1.82) is 0 Å². The number of unbranched alkanes of at least 4 members (excludes halogenated alkanes) is 4. The van der Waals surface area contributed by atoms with Crippen LogP contribution in [0.15, 0.2) is 12.2 Å². The second-order valence-electron chi connectivity index (χ2n) is 3.69. The Morgan fingerprint density at radius 1 is 1.36 bits per heavy atom. The summed E-state index contributed by atoms with van der Waals surface area (Å²) in [6.45, 7) is 0.960. The predicted molar refractivity (Wildman–Crippen MR) is 54.2 cm³/mol. The third-order valence-corrected chi connectivity index (χ3v) is 2.31. The molecule has 0 bridgehead atoms. The zero-order chi connectivity index (χ0) is 10.2. The van der Waals surface area contributed by atoms with Crippen molar-refractivity contribution in [3.8, 4) is 0 Å². The molecule has 3 nitrogen and oxygen atoms in total. The summed E-state index contributed by atoms with van der Waals surface area (Å²) in [5.74, 6) is -0.851. The summed E-state index contributed by atoms with van der Waals surface area (Å²) >= 11 is 0. The van der Waals surface area contributed by atoms with E-state index in [-0.39, 0.29) is 0 Å². The number of carbonyl (C=O) groups is 1. The molecule has 0 amide bonds. The van der Waals surface area contributed by atoms with Crippen molar-refractivity contribution < 1.29 is 14.6 Å². The third-order valence-electron chi connectivity index (χ3n) is 2.31. The number of hydrogen-bond acceptors (Lipinski definition) is 2. The van der Waals surface area contributed by atoms with Gasteiger partial charge in [-0.3, -0.25) is 0 Å². The van der Waals surface area contributed by atoms with Crippen LogP contribution in [0.1, 0.15) is 38.5 Å². The molecule has 1 aliphatic rings. The zero-order valence-electron chi connectivity index (χ0n) is 8.45. The van der Waals surface area contributed by atoms with Gasteiger partial charge in [0.1, 0.15) is 0 Å². The van der Waals surface area contributed by atoms with Crippen LogP contribution in [0, 0.1) is 0 Å². The van der Waals surface area contributed by atoms with E-state index in [2.05, 4.69) is 0 Å². The molecule has 1 heterocycles. The average Bonchev–Trinajstić information content (AvgIpc) is 2.92. The fourth-order valence-corrected chi connectivity index (χ4v) is 1.41. The first-order valence-electron chi connectivity index (χ1n) is 5.30. The largest absolute Gasteiger partial charge is 0.478 e. The standard InChI is InChI=1S/C11H18O3/c12-11(13)8-6-4-2-1-3-5-7-10-9-14-10/h6,8,10H,1-5,7,9H2,(H,12,13). The van der Waals surface area contributed by atoms with Crippen LogP contribution in [0.5, 0.6) is 0 Å². The van der Waals surface area contributed by atoms with Crippen molar-refractivity contribution in [2.75, 3.05) is 6.61 Å². The second kappa shape index (κ2) is 6.60. The lowest BCUT2D eigenvalue weighted by molar-refractivity contribution is -0.131. The highest BCUT2D eigenvalue weighted by molar-refractivity contribution is 5.79. The minimum absolute atomic E-state index is 0.557. The normalized spacial score (nSPS) is 20.1. The van der Waals surface area contributed by atoms with Gasteiger partial charge in [0.25, 0.3) is 0 Å². The summed E-state index contributed by atoms with van der Waals surface area (Å²) in [6.07, 6.45) is 10.4. The fourth-order valence-electron chi connectivity index (χ4n) is 1.41. The Morgan fingerprint density at radius 3 is 2.71 bits per heavy atom. The Bertz CT molecular complexity index is 195. The summed E-state index contributed by atoms with van der Waals surface area (Å²) in [5.41, 5.74) is 0. The molecule has 0 saturated carbocycles. The Morgan fingerprint density at radius 2 is 2.07 bits per heavy atom. The van der Waals surface area contributed by atoms with Gasteiger partial charge >= 0.3 is 5.97 Å². The van der Waals surface area contributed by atoms with Gasteiger partial charge in [0.2, 0.25) is 0 Å². The maximum absolute atomic E-state index is 10.1. The van der Waals surface area contributed by atoms with E-state index in [1.54, 1.807) is 6.08 Å². The number of hydrogen-bond donors (Lipinski definition) is 1. The van der Waals surface area contributed by atoms with Gasteiger partial charge < -0.3 is 9.84 Å². The van der Waals surface area contributed by atoms with Gasteiger partial charge in [0.05, 0.1) is 12.7 Å². The number of carboxylic acids is 1. The molecule has 0 aromatic rings. The molecule has 0 spiro atoms. The van der Waals surface area contributed by atoms with Gasteiger partial charge in [-0.1, -0.05) is 25.3 Å². The highest BCUT2D eigenvalue weighted by atomic mass is 16.6. The topological polar surface area (TPSA) is 49.8 Å². The Labute approximate surface area is 84.8 Å². The highest BCUT2D eigenvalue weighted by Crippen LogP contribution is 2.17.